The summed E-state index contributed by atoms with van der Waals surface area (Å²) in [5, 5.41) is 1.79. The third kappa shape index (κ3) is 2.91. The highest BCUT2D eigenvalue weighted by Crippen LogP contribution is 2.32. The molecule has 0 unspecified atom stereocenters. The number of rotatable bonds is 1. The number of hydrogen-bond donors (Lipinski definition) is 0. The van der Waals surface area contributed by atoms with Crippen LogP contribution in [0, 0.1) is 6.92 Å². The Morgan fingerprint density at radius 1 is 1.13 bits per heavy atom. The summed E-state index contributed by atoms with van der Waals surface area (Å²) >= 11 is 8.42. The SMILES string of the molecule is Cc1ccc2c(Cl)cc(N3CCSc4ccccc4C3)nc2c1. The monoisotopic (exact) mass is 340 g/mol. The minimum absolute atomic E-state index is 0.773. The van der Waals surface area contributed by atoms with Crippen molar-refractivity contribution in [1.82, 2.24) is 4.98 Å². The van der Waals surface area contributed by atoms with Gasteiger partial charge in [-0.3, -0.25) is 0 Å². The predicted octanol–water partition coefficient (Wildman–Crippen LogP) is 5.31. The molecule has 0 saturated carbocycles. The lowest BCUT2D eigenvalue weighted by atomic mass is 10.1. The second-order valence-corrected chi connectivity index (χ2v) is 7.40. The van der Waals surface area contributed by atoms with Crippen LogP contribution in [0.15, 0.2) is 53.4 Å². The van der Waals surface area contributed by atoms with E-state index in [1.165, 1.54) is 16.0 Å². The van der Waals surface area contributed by atoms with Crippen molar-refractivity contribution >= 4 is 40.1 Å². The second-order valence-electron chi connectivity index (χ2n) is 5.86. The zero-order valence-corrected chi connectivity index (χ0v) is 14.5. The summed E-state index contributed by atoms with van der Waals surface area (Å²) < 4.78 is 0. The van der Waals surface area contributed by atoms with Gasteiger partial charge in [-0.15, -0.1) is 11.8 Å². The summed E-state index contributed by atoms with van der Waals surface area (Å²) in [5.41, 5.74) is 3.53. The number of pyridine rings is 1. The van der Waals surface area contributed by atoms with Crippen molar-refractivity contribution in [3.05, 3.63) is 64.7 Å². The molecule has 2 heterocycles. The molecular weight excluding hydrogens is 324 g/mol. The number of anilines is 1. The lowest BCUT2D eigenvalue weighted by Crippen LogP contribution is -2.24. The van der Waals surface area contributed by atoms with Crippen LogP contribution in [0.2, 0.25) is 5.02 Å². The number of fused-ring (bicyclic) bond motifs is 2. The average molecular weight is 341 g/mol. The number of thioether (sulfide) groups is 1. The van der Waals surface area contributed by atoms with Crippen LogP contribution in [0.1, 0.15) is 11.1 Å². The number of halogens is 1. The fourth-order valence-electron chi connectivity index (χ4n) is 2.97. The minimum Gasteiger partial charge on any atom is -0.351 e. The Hall–Kier alpha value is -1.71. The number of aromatic nitrogens is 1. The van der Waals surface area contributed by atoms with Crippen LogP contribution in [0.25, 0.3) is 10.9 Å². The Balaban J connectivity index is 1.77. The van der Waals surface area contributed by atoms with Crippen LogP contribution >= 0.6 is 23.4 Å². The van der Waals surface area contributed by atoms with Gasteiger partial charge in [0, 0.05) is 29.1 Å². The molecule has 0 aliphatic carbocycles. The van der Waals surface area contributed by atoms with E-state index in [0.717, 1.165) is 40.6 Å². The smallest absolute Gasteiger partial charge is 0.131 e. The standard InChI is InChI=1S/C19H17ClN2S/c1-13-6-7-15-16(20)11-19(21-17(15)10-13)22-8-9-23-18-5-3-2-4-14(18)12-22/h2-7,10-11H,8-9,12H2,1H3. The molecule has 0 spiro atoms. The molecule has 4 rings (SSSR count). The van der Waals surface area contributed by atoms with E-state index in [0.29, 0.717) is 0 Å². The van der Waals surface area contributed by atoms with Crippen molar-refractivity contribution in [2.45, 2.75) is 18.4 Å². The van der Waals surface area contributed by atoms with Gasteiger partial charge >= 0.3 is 0 Å². The van der Waals surface area contributed by atoms with Gasteiger partial charge in [-0.1, -0.05) is 41.9 Å². The Morgan fingerprint density at radius 2 is 2.00 bits per heavy atom. The van der Waals surface area contributed by atoms with E-state index in [2.05, 4.69) is 54.3 Å². The quantitative estimate of drug-likeness (QED) is 0.597. The van der Waals surface area contributed by atoms with Crippen LogP contribution in [-0.2, 0) is 6.54 Å². The number of aryl methyl sites for hydroxylation is 1. The fraction of sp³-hybridized carbons (Fsp3) is 0.211. The fourth-order valence-corrected chi connectivity index (χ4v) is 4.25. The molecule has 1 aliphatic rings. The lowest BCUT2D eigenvalue weighted by Gasteiger charge is -2.22. The van der Waals surface area contributed by atoms with Gasteiger partial charge in [0.2, 0.25) is 0 Å². The highest BCUT2D eigenvalue weighted by atomic mass is 35.5. The topological polar surface area (TPSA) is 16.1 Å². The molecule has 2 aromatic carbocycles. The normalized spacial score (nSPS) is 14.6. The molecule has 1 aliphatic heterocycles. The van der Waals surface area contributed by atoms with Crippen molar-refractivity contribution in [2.24, 2.45) is 0 Å². The molecule has 0 radical (unpaired) electrons. The zero-order chi connectivity index (χ0) is 15.8. The molecule has 2 nitrogen and oxygen atoms in total. The first-order valence-corrected chi connectivity index (χ1v) is 9.09. The molecule has 0 atom stereocenters. The molecular formula is C19H17ClN2S. The molecule has 0 N–H and O–H groups in total. The number of nitrogens with zero attached hydrogens (tertiary/aromatic N) is 2. The molecule has 4 heteroatoms. The highest BCUT2D eigenvalue weighted by Gasteiger charge is 2.17. The molecule has 3 aromatic rings. The molecule has 0 fully saturated rings. The summed E-state index contributed by atoms with van der Waals surface area (Å²) in [6.45, 7) is 3.93. The Morgan fingerprint density at radius 3 is 2.91 bits per heavy atom. The third-order valence-corrected chi connectivity index (χ3v) is 5.59. The Labute approximate surface area is 145 Å². The lowest BCUT2D eigenvalue weighted by molar-refractivity contribution is 0.821. The van der Waals surface area contributed by atoms with Gasteiger partial charge in [0.25, 0.3) is 0 Å². The maximum atomic E-state index is 6.50. The van der Waals surface area contributed by atoms with E-state index in [9.17, 15) is 0 Å². The molecule has 1 aromatic heterocycles. The van der Waals surface area contributed by atoms with Gasteiger partial charge in [-0.2, -0.15) is 0 Å². The Kier molecular flexibility index (Phi) is 3.92. The van der Waals surface area contributed by atoms with E-state index in [4.69, 9.17) is 16.6 Å². The molecule has 0 saturated heterocycles. The summed E-state index contributed by atoms with van der Waals surface area (Å²) in [4.78, 5) is 8.57. The summed E-state index contributed by atoms with van der Waals surface area (Å²) in [6.07, 6.45) is 0. The van der Waals surface area contributed by atoms with E-state index in [1.54, 1.807) is 0 Å². The van der Waals surface area contributed by atoms with E-state index in [-0.39, 0.29) is 0 Å². The first-order chi connectivity index (χ1) is 11.2. The molecule has 23 heavy (non-hydrogen) atoms. The van der Waals surface area contributed by atoms with Crippen LogP contribution in [-0.4, -0.2) is 17.3 Å². The highest BCUT2D eigenvalue weighted by molar-refractivity contribution is 7.99. The van der Waals surface area contributed by atoms with Crippen molar-refractivity contribution in [3.63, 3.8) is 0 Å². The minimum atomic E-state index is 0.773. The van der Waals surface area contributed by atoms with Gasteiger partial charge < -0.3 is 4.90 Å². The van der Waals surface area contributed by atoms with E-state index in [1.807, 2.05) is 17.8 Å². The maximum absolute atomic E-state index is 6.50. The van der Waals surface area contributed by atoms with E-state index >= 15 is 0 Å². The van der Waals surface area contributed by atoms with Crippen LogP contribution < -0.4 is 4.90 Å². The van der Waals surface area contributed by atoms with Gasteiger partial charge in [0.1, 0.15) is 5.82 Å². The first-order valence-electron chi connectivity index (χ1n) is 7.73. The molecule has 116 valence electrons. The van der Waals surface area contributed by atoms with Gasteiger partial charge in [0.05, 0.1) is 10.5 Å². The number of hydrogen-bond acceptors (Lipinski definition) is 3. The first kappa shape index (κ1) is 14.9. The Bertz CT molecular complexity index is 878. The van der Waals surface area contributed by atoms with Gasteiger partial charge in [0.15, 0.2) is 0 Å². The van der Waals surface area contributed by atoms with Crippen molar-refractivity contribution in [3.8, 4) is 0 Å². The van der Waals surface area contributed by atoms with Crippen LogP contribution in [0.4, 0.5) is 5.82 Å². The van der Waals surface area contributed by atoms with E-state index < -0.39 is 0 Å². The second kappa shape index (κ2) is 6.06. The van der Waals surface area contributed by atoms with Crippen molar-refractivity contribution < 1.29 is 0 Å². The van der Waals surface area contributed by atoms with Crippen molar-refractivity contribution in [1.29, 1.82) is 0 Å². The summed E-state index contributed by atoms with van der Waals surface area (Å²) in [7, 11) is 0. The largest absolute Gasteiger partial charge is 0.351 e. The van der Waals surface area contributed by atoms with Crippen molar-refractivity contribution in [2.75, 3.05) is 17.2 Å². The molecule has 0 amide bonds. The van der Waals surface area contributed by atoms with Crippen LogP contribution in [0.3, 0.4) is 0 Å². The molecule has 0 bridgehead atoms. The van der Waals surface area contributed by atoms with Crippen LogP contribution in [0.5, 0.6) is 0 Å². The average Bonchev–Trinajstić information content (AvgIpc) is 2.76. The third-order valence-electron chi connectivity index (χ3n) is 4.18. The van der Waals surface area contributed by atoms with Gasteiger partial charge in [-0.25, -0.2) is 4.98 Å². The zero-order valence-electron chi connectivity index (χ0n) is 12.9. The summed E-state index contributed by atoms with van der Waals surface area (Å²) in [5.74, 6) is 2.02. The summed E-state index contributed by atoms with van der Waals surface area (Å²) in [6, 6.07) is 16.8. The van der Waals surface area contributed by atoms with Gasteiger partial charge in [-0.05, 0) is 36.2 Å². The maximum Gasteiger partial charge on any atom is 0.131 e. The predicted molar refractivity (Wildman–Crippen MR) is 99.7 cm³/mol. The number of benzene rings is 2.